The maximum Gasteiger partial charge on any atom is 0.271 e. The topological polar surface area (TPSA) is 107 Å². The molecule has 0 saturated heterocycles. The van der Waals surface area contributed by atoms with Crippen molar-refractivity contribution >= 4 is 62.2 Å². The Morgan fingerprint density at radius 2 is 2.14 bits per heavy atom. The molecule has 1 aromatic carbocycles. The van der Waals surface area contributed by atoms with Gasteiger partial charge < -0.3 is 5.32 Å². The first-order valence-corrected chi connectivity index (χ1v) is 10.2. The average molecular weight is 439 g/mol. The molecule has 28 heavy (non-hydrogen) atoms. The first-order chi connectivity index (χ1) is 13.2. The van der Waals surface area contributed by atoms with Gasteiger partial charge >= 0.3 is 0 Å². The number of halogens is 1. The number of aromatic nitrogens is 2. The summed E-state index contributed by atoms with van der Waals surface area (Å²) in [6.45, 7) is 3.83. The lowest BCUT2D eigenvalue weighted by atomic mass is 10.2. The van der Waals surface area contributed by atoms with Crippen LogP contribution in [-0.4, -0.2) is 26.1 Å². The zero-order valence-electron chi connectivity index (χ0n) is 15.1. The Balaban J connectivity index is 1.75. The number of anilines is 1. The van der Waals surface area contributed by atoms with Crippen molar-refractivity contribution in [3.8, 4) is 0 Å². The molecule has 0 spiro atoms. The number of aryl methyl sites for hydroxylation is 2. The molecule has 0 aliphatic carbocycles. The molecule has 1 amide bonds. The maximum atomic E-state index is 12.6. The van der Waals surface area contributed by atoms with E-state index in [9.17, 15) is 19.7 Å². The molecule has 11 heteroatoms. The van der Waals surface area contributed by atoms with E-state index in [0.717, 1.165) is 22.2 Å². The minimum atomic E-state index is -0.566. The van der Waals surface area contributed by atoms with Crippen LogP contribution in [0.25, 0.3) is 10.2 Å². The fourth-order valence-corrected chi connectivity index (χ4v) is 4.58. The van der Waals surface area contributed by atoms with E-state index in [4.69, 9.17) is 11.6 Å². The second-order valence-electron chi connectivity index (χ2n) is 5.98. The van der Waals surface area contributed by atoms with Crippen LogP contribution in [0.3, 0.4) is 0 Å². The van der Waals surface area contributed by atoms with Gasteiger partial charge in [0.15, 0.2) is 5.16 Å². The van der Waals surface area contributed by atoms with Crippen LogP contribution in [0.2, 0.25) is 5.02 Å². The minimum absolute atomic E-state index is 0.00242. The molecule has 0 aliphatic rings. The predicted molar refractivity (Wildman–Crippen MR) is 112 cm³/mol. The molecule has 0 atom stereocenters. The fourth-order valence-electron chi connectivity index (χ4n) is 2.52. The van der Waals surface area contributed by atoms with Crippen molar-refractivity contribution in [2.45, 2.75) is 19.0 Å². The molecular formula is C17H15ClN4O4S2. The number of thiophene rings is 1. The third-order valence-electron chi connectivity index (χ3n) is 4.14. The van der Waals surface area contributed by atoms with Crippen molar-refractivity contribution in [1.82, 2.24) is 9.55 Å². The number of nitro groups is 1. The molecule has 3 rings (SSSR count). The summed E-state index contributed by atoms with van der Waals surface area (Å²) in [7, 11) is 1.62. The molecule has 0 bridgehead atoms. The Labute approximate surface area is 172 Å². The highest BCUT2D eigenvalue weighted by atomic mass is 35.5. The van der Waals surface area contributed by atoms with Gasteiger partial charge in [-0.1, -0.05) is 23.4 Å². The van der Waals surface area contributed by atoms with Crippen LogP contribution in [-0.2, 0) is 11.8 Å². The van der Waals surface area contributed by atoms with Crippen LogP contribution in [0.5, 0.6) is 0 Å². The number of carbonyl (C=O) groups is 1. The highest BCUT2D eigenvalue weighted by Crippen LogP contribution is 2.29. The van der Waals surface area contributed by atoms with E-state index in [0.29, 0.717) is 15.4 Å². The van der Waals surface area contributed by atoms with E-state index in [1.807, 2.05) is 13.8 Å². The number of amides is 1. The molecule has 146 valence electrons. The van der Waals surface area contributed by atoms with Crippen molar-refractivity contribution < 1.29 is 9.72 Å². The Kier molecular flexibility index (Phi) is 5.73. The number of benzene rings is 1. The number of nitrogens with one attached hydrogen (secondary N) is 1. The quantitative estimate of drug-likeness (QED) is 0.280. The molecule has 8 nitrogen and oxygen atoms in total. The number of rotatable bonds is 5. The number of hydrogen-bond acceptors (Lipinski definition) is 7. The van der Waals surface area contributed by atoms with E-state index in [-0.39, 0.29) is 33.6 Å². The first kappa shape index (κ1) is 20.3. The molecule has 0 aliphatic heterocycles. The van der Waals surface area contributed by atoms with Gasteiger partial charge in [0, 0.05) is 24.1 Å². The van der Waals surface area contributed by atoms with Crippen molar-refractivity contribution in [2.24, 2.45) is 7.05 Å². The summed E-state index contributed by atoms with van der Waals surface area (Å²) in [5.41, 5.74) is 0.898. The summed E-state index contributed by atoms with van der Waals surface area (Å²) >= 11 is 8.56. The van der Waals surface area contributed by atoms with Gasteiger partial charge in [-0.05, 0) is 25.5 Å². The summed E-state index contributed by atoms with van der Waals surface area (Å²) in [5.74, 6) is -0.365. The lowest BCUT2D eigenvalue weighted by molar-refractivity contribution is -0.384. The van der Waals surface area contributed by atoms with Gasteiger partial charge in [-0.25, -0.2) is 4.98 Å². The zero-order chi connectivity index (χ0) is 20.6. The second kappa shape index (κ2) is 7.90. The zero-order valence-corrected chi connectivity index (χ0v) is 17.5. The number of nitro benzene ring substituents is 1. The van der Waals surface area contributed by atoms with Crippen molar-refractivity contribution in [1.29, 1.82) is 0 Å². The monoisotopic (exact) mass is 438 g/mol. The number of thioether (sulfide) groups is 1. The SMILES string of the molecule is Cc1sc2nc(SCC(=O)Nc3ccc([N+](=O)[O-])cc3Cl)n(C)c(=O)c2c1C. The van der Waals surface area contributed by atoms with Gasteiger partial charge in [0.05, 0.1) is 26.8 Å². The van der Waals surface area contributed by atoms with Crippen LogP contribution in [0.4, 0.5) is 11.4 Å². The van der Waals surface area contributed by atoms with Gasteiger partial charge in [0.25, 0.3) is 11.2 Å². The number of carbonyl (C=O) groups excluding carboxylic acids is 1. The molecule has 0 fully saturated rings. The third kappa shape index (κ3) is 3.89. The molecule has 0 saturated carbocycles. The van der Waals surface area contributed by atoms with Crippen LogP contribution in [0.15, 0.2) is 28.2 Å². The minimum Gasteiger partial charge on any atom is -0.324 e. The molecule has 0 unspecified atom stereocenters. The summed E-state index contributed by atoms with van der Waals surface area (Å²) < 4.78 is 1.43. The summed E-state index contributed by atoms with van der Waals surface area (Å²) in [5, 5.41) is 14.5. The van der Waals surface area contributed by atoms with E-state index in [1.165, 1.54) is 34.1 Å². The Bertz CT molecular complexity index is 1170. The smallest absolute Gasteiger partial charge is 0.271 e. The van der Waals surface area contributed by atoms with E-state index >= 15 is 0 Å². The number of nitrogens with zero attached hydrogens (tertiary/aromatic N) is 3. The van der Waals surface area contributed by atoms with Crippen molar-refractivity contribution in [3.63, 3.8) is 0 Å². The second-order valence-corrected chi connectivity index (χ2v) is 8.53. The van der Waals surface area contributed by atoms with Crippen LogP contribution in [0, 0.1) is 24.0 Å². The Hall–Kier alpha value is -2.43. The number of fused-ring (bicyclic) bond motifs is 1. The summed E-state index contributed by atoms with van der Waals surface area (Å²) in [4.78, 5) is 41.2. The average Bonchev–Trinajstić information content (AvgIpc) is 2.92. The summed E-state index contributed by atoms with van der Waals surface area (Å²) in [6.07, 6.45) is 0. The Morgan fingerprint density at radius 3 is 2.79 bits per heavy atom. The van der Waals surface area contributed by atoms with Crippen molar-refractivity contribution in [2.75, 3.05) is 11.1 Å². The normalized spacial score (nSPS) is 11.0. The first-order valence-electron chi connectivity index (χ1n) is 8.02. The molecule has 1 N–H and O–H groups in total. The van der Waals surface area contributed by atoms with Crippen LogP contribution >= 0.6 is 34.7 Å². The molecule has 3 aromatic rings. The third-order valence-corrected chi connectivity index (χ3v) is 6.58. The predicted octanol–water partition coefficient (Wildman–Crippen LogP) is 3.90. The van der Waals surface area contributed by atoms with Gasteiger partial charge in [0.2, 0.25) is 5.91 Å². The van der Waals surface area contributed by atoms with Crippen molar-refractivity contribution in [3.05, 3.63) is 54.1 Å². The fraction of sp³-hybridized carbons (Fsp3) is 0.235. The van der Waals surface area contributed by atoms with Gasteiger partial charge in [-0.2, -0.15) is 0 Å². The highest BCUT2D eigenvalue weighted by molar-refractivity contribution is 7.99. The van der Waals surface area contributed by atoms with Gasteiger partial charge in [-0.15, -0.1) is 11.3 Å². The van der Waals surface area contributed by atoms with E-state index < -0.39 is 4.92 Å². The lowest BCUT2D eigenvalue weighted by Crippen LogP contribution is -2.21. The van der Waals surface area contributed by atoms with E-state index in [2.05, 4.69) is 10.3 Å². The van der Waals surface area contributed by atoms with E-state index in [1.54, 1.807) is 7.05 Å². The lowest BCUT2D eigenvalue weighted by Gasteiger charge is -2.09. The van der Waals surface area contributed by atoms with Crippen LogP contribution < -0.4 is 10.9 Å². The molecule has 2 heterocycles. The van der Waals surface area contributed by atoms with Gasteiger partial charge in [-0.3, -0.25) is 24.3 Å². The standard InChI is InChI=1S/C17H15ClN4O4S2/c1-8-9(2)28-15-14(8)16(24)21(3)17(20-15)27-7-13(23)19-12-5-4-10(22(25)26)6-11(12)18/h4-6H,7H2,1-3H3,(H,19,23). The number of non-ortho nitro benzene ring substituents is 1. The van der Waals surface area contributed by atoms with Crippen LogP contribution in [0.1, 0.15) is 10.4 Å². The Morgan fingerprint density at radius 1 is 1.43 bits per heavy atom. The molecule has 2 aromatic heterocycles. The maximum absolute atomic E-state index is 12.6. The number of hydrogen-bond donors (Lipinski definition) is 1. The largest absolute Gasteiger partial charge is 0.324 e. The highest BCUT2D eigenvalue weighted by Gasteiger charge is 2.16. The summed E-state index contributed by atoms with van der Waals surface area (Å²) in [6, 6.07) is 3.81. The molecular weight excluding hydrogens is 424 g/mol. The molecule has 0 radical (unpaired) electrons. The van der Waals surface area contributed by atoms with Gasteiger partial charge in [0.1, 0.15) is 4.83 Å².